The number of halogens is 1. The lowest BCUT2D eigenvalue weighted by Gasteiger charge is -2.23. The normalized spacial score (nSPS) is 11.8. The number of benzene rings is 1. The fourth-order valence-corrected chi connectivity index (χ4v) is 2.34. The van der Waals surface area contributed by atoms with Gasteiger partial charge in [-0.05, 0) is 24.1 Å². The van der Waals surface area contributed by atoms with Crippen LogP contribution < -0.4 is 4.74 Å². The van der Waals surface area contributed by atoms with Crippen molar-refractivity contribution in [1.29, 1.82) is 5.26 Å². The molecule has 5 heteroatoms. The highest BCUT2D eigenvalue weighted by atomic mass is 79.9. The molecule has 0 aromatic heterocycles. The zero-order valence-electron chi connectivity index (χ0n) is 12.2. The topological polar surface area (TPSA) is 53.3 Å². The third-order valence-electron chi connectivity index (χ3n) is 3.10. The summed E-state index contributed by atoms with van der Waals surface area (Å²) < 4.78 is 6.22. The third-order valence-corrected chi connectivity index (χ3v) is 3.59. The molecule has 1 aromatic rings. The standard InChI is InChI=1S/C15H19BrN2O2/c1-10(2)13(8-17)15(19)18(3)9-11-7-12(16)5-6-14(11)20-4/h5-7,10,13H,9H2,1-4H3. The van der Waals surface area contributed by atoms with Gasteiger partial charge in [-0.25, -0.2) is 0 Å². The summed E-state index contributed by atoms with van der Waals surface area (Å²) in [6.45, 7) is 4.16. The summed E-state index contributed by atoms with van der Waals surface area (Å²) >= 11 is 3.41. The fourth-order valence-electron chi connectivity index (χ4n) is 1.93. The van der Waals surface area contributed by atoms with Crippen molar-refractivity contribution in [3.8, 4) is 11.8 Å². The minimum absolute atomic E-state index is 0.000597. The Morgan fingerprint density at radius 3 is 2.65 bits per heavy atom. The molecule has 1 aromatic carbocycles. The molecule has 1 rings (SSSR count). The molecule has 0 spiro atoms. The number of carbonyl (C=O) groups excluding carboxylic acids is 1. The molecule has 0 N–H and O–H groups in total. The molecule has 0 aliphatic heterocycles. The van der Waals surface area contributed by atoms with Crippen LogP contribution in [-0.4, -0.2) is 25.0 Å². The Bertz CT molecular complexity index is 523. The molecule has 0 aliphatic rings. The Morgan fingerprint density at radius 1 is 1.50 bits per heavy atom. The number of amides is 1. The van der Waals surface area contributed by atoms with E-state index >= 15 is 0 Å². The minimum atomic E-state index is -0.613. The summed E-state index contributed by atoms with van der Waals surface area (Å²) in [6.07, 6.45) is 0. The van der Waals surface area contributed by atoms with E-state index < -0.39 is 5.92 Å². The molecule has 0 radical (unpaired) electrons. The highest BCUT2D eigenvalue weighted by Gasteiger charge is 2.25. The van der Waals surface area contributed by atoms with Crippen molar-refractivity contribution in [3.63, 3.8) is 0 Å². The van der Waals surface area contributed by atoms with Crippen LogP contribution in [0, 0.1) is 23.2 Å². The molecular formula is C15H19BrN2O2. The molecule has 0 aliphatic carbocycles. The first-order chi connectivity index (χ1) is 9.40. The lowest BCUT2D eigenvalue weighted by molar-refractivity contribution is -0.134. The number of rotatable bonds is 5. The average Bonchev–Trinajstić information content (AvgIpc) is 2.39. The van der Waals surface area contributed by atoms with Crippen molar-refractivity contribution in [2.75, 3.05) is 14.2 Å². The molecule has 0 fully saturated rings. The summed E-state index contributed by atoms with van der Waals surface area (Å²) in [6, 6.07) is 7.73. The average molecular weight is 339 g/mol. The van der Waals surface area contributed by atoms with E-state index in [2.05, 4.69) is 22.0 Å². The Morgan fingerprint density at radius 2 is 2.15 bits per heavy atom. The van der Waals surface area contributed by atoms with E-state index in [1.165, 1.54) is 0 Å². The van der Waals surface area contributed by atoms with Gasteiger partial charge in [0.1, 0.15) is 11.7 Å². The second-order valence-corrected chi connectivity index (χ2v) is 5.92. The molecule has 4 nitrogen and oxygen atoms in total. The predicted molar refractivity (Wildman–Crippen MR) is 81.1 cm³/mol. The van der Waals surface area contributed by atoms with Gasteiger partial charge in [0, 0.05) is 23.6 Å². The van der Waals surface area contributed by atoms with Crippen LogP contribution in [0.15, 0.2) is 22.7 Å². The van der Waals surface area contributed by atoms with Crippen molar-refractivity contribution in [2.24, 2.45) is 11.8 Å². The lowest BCUT2D eigenvalue weighted by Crippen LogP contribution is -2.34. The monoisotopic (exact) mass is 338 g/mol. The van der Waals surface area contributed by atoms with E-state index in [9.17, 15) is 4.79 Å². The van der Waals surface area contributed by atoms with Crippen LogP contribution >= 0.6 is 15.9 Å². The fraction of sp³-hybridized carbons (Fsp3) is 0.467. The Hall–Kier alpha value is -1.54. The maximum Gasteiger partial charge on any atom is 0.240 e. The summed E-state index contributed by atoms with van der Waals surface area (Å²) in [4.78, 5) is 13.8. The van der Waals surface area contributed by atoms with Gasteiger partial charge >= 0.3 is 0 Å². The molecule has 0 saturated carbocycles. The number of hydrogen-bond acceptors (Lipinski definition) is 3. The number of nitrogens with zero attached hydrogens (tertiary/aromatic N) is 2. The van der Waals surface area contributed by atoms with Crippen LogP contribution in [0.5, 0.6) is 5.75 Å². The predicted octanol–water partition coefficient (Wildman–Crippen LogP) is 3.21. The maximum absolute atomic E-state index is 12.3. The zero-order valence-corrected chi connectivity index (χ0v) is 13.8. The molecule has 1 atom stereocenters. The number of hydrogen-bond donors (Lipinski definition) is 0. The summed E-state index contributed by atoms with van der Waals surface area (Å²) in [7, 11) is 3.30. The number of nitriles is 1. The van der Waals surface area contributed by atoms with Crippen LogP contribution in [-0.2, 0) is 11.3 Å². The minimum Gasteiger partial charge on any atom is -0.496 e. The molecule has 1 amide bonds. The molecule has 0 heterocycles. The van der Waals surface area contributed by atoms with Crippen molar-refractivity contribution in [1.82, 2.24) is 4.90 Å². The van der Waals surface area contributed by atoms with E-state index in [1.807, 2.05) is 32.0 Å². The Kier molecular flexibility index (Phi) is 6.03. The first kappa shape index (κ1) is 16.5. The summed E-state index contributed by atoms with van der Waals surface area (Å²) in [5.41, 5.74) is 0.901. The molecule has 1 unspecified atom stereocenters. The summed E-state index contributed by atoms with van der Waals surface area (Å²) in [5, 5.41) is 9.10. The van der Waals surface area contributed by atoms with Crippen LogP contribution in [0.25, 0.3) is 0 Å². The lowest BCUT2D eigenvalue weighted by atomic mass is 9.96. The second kappa shape index (κ2) is 7.30. The highest BCUT2D eigenvalue weighted by molar-refractivity contribution is 9.10. The van der Waals surface area contributed by atoms with E-state index in [0.29, 0.717) is 6.54 Å². The SMILES string of the molecule is COc1ccc(Br)cc1CN(C)C(=O)C(C#N)C(C)C. The first-order valence-electron chi connectivity index (χ1n) is 6.37. The van der Waals surface area contributed by atoms with Crippen LogP contribution in [0.4, 0.5) is 0 Å². The summed E-state index contributed by atoms with van der Waals surface area (Å²) in [5.74, 6) is -0.0482. The van der Waals surface area contributed by atoms with Gasteiger partial charge in [0.2, 0.25) is 5.91 Å². The van der Waals surface area contributed by atoms with E-state index in [0.717, 1.165) is 15.8 Å². The van der Waals surface area contributed by atoms with Gasteiger partial charge < -0.3 is 9.64 Å². The van der Waals surface area contributed by atoms with Gasteiger partial charge in [0.15, 0.2) is 0 Å². The molecule has 0 saturated heterocycles. The number of carbonyl (C=O) groups is 1. The smallest absolute Gasteiger partial charge is 0.240 e. The Balaban J connectivity index is 2.91. The first-order valence-corrected chi connectivity index (χ1v) is 7.17. The quantitative estimate of drug-likeness (QED) is 0.828. The van der Waals surface area contributed by atoms with Gasteiger partial charge in [-0.15, -0.1) is 0 Å². The molecule has 0 bridgehead atoms. The third kappa shape index (κ3) is 3.97. The van der Waals surface area contributed by atoms with Crippen molar-refractivity contribution >= 4 is 21.8 Å². The van der Waals surface area contributed by atoms with E-state index in [1.54, 1.807) is 19.1 Å². The largest absolute Gasteiger partial charge is 0.496 e. The molecular weight excluding hydrogens is 320 g/mol. The molecule has 108 valence electrons. The zero-order chi connectivity index (χ0) is 15.3. The number of methoxy groups -OCH3 is 1. The van der Waals surface area contributed by atoms with E-state index in [-0.39, 0.29) is 11.8 Å². The van der Waals surface area contributed by atoms with Crippen LogP contribution in [0.2, 0.25) is 0 Å². The van der Waals surface area contributed by atoms with Gasteiger partial charge in [-0.1, -0.05) is 29.8 Å². The van der Waals surface area contributed by atoms with Crippen molar-refractivity contribution in [2.45, 2.75) is 20.4 Å². The van der Waals surface area contributed by atoms with Crippen molar-refractivity contribution < 1.29 is 9.53 Å². The van der Waals surface area contributed by atoms with Crippen LogP contribution in [0.3, 0.4) is 0 Å². The van der Waals surface area contributed by atoms with Gasteiger partial charge in [0.25, 0.3) is 0 Å². The molecule has 20 heavy (non-hydrogen) atoms. The van der Waals surface area contributed by atoms with E-state index in [4.69, 9.17) is 10.00 Å². The Labute approximate surface area is 128 Å². The van der Waals surface area contributed by atoms with Crippen molar-refractivity contribution in [3.05, 3.63) is 28.2 Å². The number of ether oxygens (including phenoxy) is 1. The van der Waals surface area contributed by atoms with Crippen LogP contribution in [0.1, 0.15) is 19.4 Å². The van der Waals surface area contributed by atoms with Gasteiger partial charge in [-0.3, -0.25) is 4.79 Å². The van der Waals surface area contributed by atoms with Gasteiger partial charge in [0.05, 0.1) is 13.2 Å². The highest BCUT2D eigenvalue weighted by Crippen LogP contribution is 2.25. The maximum atomic E-state index is 12.3. The second-order valence-electron chi connectivity index (χ2n) is 5.00. The van der Waals surface area contributed by atoms with Gasteiger partial charge in [-0.2, -0.15) is 5.26 Å².